The van der Waals surface area contributed by atoms with Gasteiger partial charge in [0.15, 0.2) is 0 Å². The van der Waals surface area contributed by atoms with Crippen molar-refractivity contribution in [1.82, 2.24) is 14.6 Å². The largest absolute Gasteiger partial charge is 0.461 e. The number of carbonyl (C=O) groups is 1. The standard InChI is InChI=1S/C24H28ClN5O2S/c1-15-5-6-16(25)11-21(15)28-24(31)27-17-7-8-20-22(12-17)33-29-23(20)32-14-26-18-3-2-4-19-9-10-30(19)13-18/h5-8,11-12,18-19,26H,2-4,9-10,13-14H2,1H3,(H2,27,28,31)/t18-,19?/m1/s1. The Morgan fingerprint density at radius 2 is 2.12 bits per heavy atom. The molecule has 3 N–H and O–H groups in total. The fourth-order valence-corrected chi connectivity index (χ4v) is 5.48. The average Bonchev–Trinajstić information content (AvgIpc) is 3.11. The summed E-state index contributed by atoms with van der Waals surface area (Å²) >= 11 is 7.40. The van der Waals surface area contributed by atoms with Gasteiger partial charge in [-0.1, -0.05) is 24.1 Å². The van der Waals surface area contributed by atoms with Crippen LogP contribution < -0.4 is 20.7 Å². The molecule has 7 nitrogen and oxygen atoms in total. The van der Waals surface area contributed by atoms with E-state index >= 15 is 0 Å². The van der Waals surface area contributed by atoms with Crippen molar-refractivity contribution < 1.29 is 9.53 Å². The number of carbonyl (C=O) groups excluding carboxylic acids is 1. The molecule has 2 amide bonds. The van der Waals surface area contributed by atoms with Crippen molar-refractivity contribution in [1.29, 1.82) is 0 Å². The van der Waals surface area contributed by atoms with E-state index in [2.05, 4.69) is 25.2 Å². The van der Waals surface area contributed by atoms with Gasteiger partial charge >= 0.3 is 6.03 Å². The number of amides is 2. The first-order chi connectivity index (χ1) is 16.0. The molecule has 2 aromatic carbocycles. The molecular formula is C24H28ClN5O2S. The van der Waals surface area contributed by atoms with Crippen LogP contribution in [0.4, 0.5) is 16.2 Å². The topological polar surface area (TPSA) is 78.5 Å². The molecule has 1 unspecified atom stereocenters. The minimum Gasteiger partial charge on any atom is -0.461 e. The maximum atomic E-state index is 12.4. The summed E-state index contributed by atoms with van der Waals surface area (Å²) in [6.45, 7) is 4.71. The van der Waals surface area contributed by atoms with E-state index in [0.29, 0.717) is 35.1 Å². The van der Waals surface area contributed by atoms with E-state index in [4.69, 9.17) is 16.3 Å². The van der Waals surface area contributed by atoms with Gasteiger partial charge in [-0.15, -0.1) is 0 Å². The number of ether oxygens (including phenoxy) is 1. The SMILES string of the molecule is Cc1ccc(Cl)cc1NC(=O)Nc1ccc2c(OCN[C@@H]3CCCC4CCN4C3)nsc2c1. The summed E-state index contributed by atoms with van der Waals surface area (Å²) in [5.74, 6) is 0.628. The van der Waals surface area contributed by atoms with E-state index in [-0.39, 0.29) is 6.03 Å². The predicted octanol–water partition coefficient (Wildman–Crippen LogP) is 5.45. The van der Waals surface area contributed by atoms with Crippen LogP contribution in [-0.2, 0) is 0 Å². The number of urea groups is 1. The molecule has 3 aromatic rings. The van der Waals surface area contributed by atoms with Gasteiger partial charge in [0, 0.05) is 35.0 Å². The Labute approximate surface area is 202 Å². The molecular weight excluding hydrogens is 458 g/mol. The molecule has 0 bridgehead atoms. The first-order valence-electron chi connectivity index (χ1n) is 11.4. The number of nitrogens with one attached hydrogen (secondary N) is 3. The molecule has 0 radical (unpaired) electrons. The van der Waals surface area contributed by atoms with Crippen LogP contribution in [0.1, 0.15) is 31.2 Å². The molecule has 2 aliphatic rings. The predicted molar refractivity (Wildman–Crippen MR) is 135 cm³/mol. The molecule has 33 heavy (non-hydrogen) atoms. The summed E-state index contributed by atoms with van der Waals surface area (Å²) in [7, 11) is 0. The Balaban J connectivity index is 1.16. The third-order valence-electron chi connectivity index (χ3n) is 6.54. The maximum Gasteiger partial charge on any atom is 0.323 e. The van der Waals surface area contributed by atoms with Gasteiger partial charge in [-0.05, 0) is 80.2 Å². The summed E-state index contributed by atoms with van der Waals surface area (Å²) in [6, 6.07) is 12.1. The second kappa shape index (κ2) is 9.85. The first kappa shape index (κ1) is 22.4. The Morgan fingerprint density at radius 1 is 1.21 bits per heavy atom. The van der Waals surface area contributed by atoms with E-state index < -0.39 is 0 Å². The molecule has 0 spiro atoms. The fourth-order valence-electron chi connectivity index (χ4n) is 4.54. The van der Waals surface area contributed by atoms with Crippen LogP contribution in [0.15, 0.2) is 36.4 Å². The normalized spacial score (nSPS) is 20.5. The Morgan fingerprint density at radius 3 is 2.97 bits per heavy atom. The summed E-state index contributed by atoms with van der Waals surface area (Å²) in [5.41, 5.74) is 2.31. The quantitative estimate of drug-likeness (QED) is 0.404. The van der Waals surface area contributed by atoms with Gasteiger partial charge in [-0.25, -0.2) is 4.79 Å². The molecule has 0 saturated carbocycles. The summed E-state index contributed by atoms with van der Waals surface area (Å²) < 4.78 is 11.4. The minimum atomic E-state index is -0.322. The van der Waals surface area contributed by atoms with Gasteiger partial charge < -0.3 is 15.4 Å². The van der Waals surface area contributed by atoms with Crippen molar-refractivity contribution in [2.24, 2.45) is 0 Å². The number of benzene rings is 2. The van der Waals surface area contributed by atoms with Crippen molar-refractivity contribution in [2.75, 3.05) is 30.5 Å². The molecule has 2 aliphatic heterocycles. The van der Waals surface area contributed by atoms with E-state index in [1.807, 2.05) is 31.2 Å². The molecule has 3 heterocycles. The molecule has 5 rings (SSSR count). The summed E-state index contributed by atoms with van der Waals surface area (Å²) in [5, 5.41) is 10.8. The molecule has 1 aromatic heterocycles. The zero-order valence-electron chi connectivity index (χ0n) is 18.6. The van der Waals surface area contributed by atoms with Gasteiger partial charge in [-0.2, -0.15) is 4.37 Å². The van der Waals surface area contributed by atoms with Crippen molar-refractivity contribution in [3.05, 3.63) is 47.0 Å². The zero-order valence-corrected chi connectivity index (χ0v) is 20.1. The highest BCUT2D eigenvalue weighted by Crippen LogP contribution is 2.31. The number of hydrogen-bond acceptors (Lipinski definition) is 6. The highest BCUT2D eigenvalue weighted by Gasteiger charge is 2.31. The Hall–Kier alpha value is -2.39. The molecule has 2 fully saturated rings. The minimum absolute atomic E-state index is 0.322. The highest BCUT2D eigenvalue weighted by atomic mass is 35.5. The molecule has 9 heteroatoms. The van der Waals surface area contributed by atoms with E-state index in [1.54, 1.807) is 12.1 Å². The van der Waals surface area contributed by atoms with Crippen LogP contribution in [0.25, 0.3) is 10.1 Å². The van der Waals surface area contributed by atoms with E-state index in [1.165, 1.54) is 43.8 Å². The monoisotopic (exact) mass is 485 g/mol. The number of hydrogen-bond donors (Lipinski definition) is 3. The lowest BCUT2D eigenvalue weighted by Gasteiger charge is -2.40. The lowest BCUT2D eigenvalue weighted by Crippen LogP contribution is -2.51. The van der Waals surface area contributed by atoms with Crippen molar-refractivity contribution >= 4 is 50.6 Å². The number of fused-ring (bicyclic) bond motifs is 2. The second-order valence-corrected chi connectivity index (χ2v) is 10.0. The van der Waals surface area contributed by atoms with E-state index in [0.717, 1.165) is 28.2 Å². The van der Waals surface area contributed by atoms with Crippen LogP contribution in [0.3, 0.4) is 0 Å². The lowest BCUT2D eigenvalue weighted by molar-refractivity contribution is 0.0834. The zero-order chi connectivity index (χ0) is 22.8. The molecule has 0 aliphatic carbocycles. The van der Waals surface area contributed by atoms with Gasteiger partial charge in [0.25, 0.3) is 0 Å². The number of nitrogens with zero attached hydrogens (tertiary/aromatic N) is 2. The van der Waals surface area contributed by atoms with Gasteiger partial charge in [-0.3, -0.25) is 10.2 Å². The number of rotatable bonds is 6. The Bertz CT molecular complexity index is 1150. The van der Waals surface area contributed by atoms with Crippen LogP contribution in [0, 0.1) is 6.92 Å². The number of aryl methyl sites for hydroxylation is 1. The number of anilines is 2. The summed E-state index contributed by atoms with van der Waals surface area (Å²) in [4.78, 5) is 15.0. The molecule has 2 saturated heterocycles. The van der Waals surface area contributed by atoms with E-state index in [9.17, 15) is 4.79 Å². The Kier molecular flexibility index (Phi) is 6.69. The third kappa shape index (κ3) is 5.24. The average molecular weight is 486 g/mol. The van der Waals surface area contributed by atoms with Crippen LogP contribution >= 0.6 is 23.1 Å². The lowest BCUT2D eigenvalue weighted by atomic mass is 10.00. The number of aromatic nitrogens is 1. The molecule has 174 valence electrons. The van der Waals surface area contributed by atoms with Crippen LogP contribution in [0.5, 0.6) is 5.88 Å². The van der Waals surface area contributed by atoms with Crippen molar-refractivity contribution in [2.45, 2.75) is 44.7 Å². The summed E-state index contributed by atoms with van der Waals surface area (Å²) in [6.07, 6.45) is 5.15. The fraction of sp³-hybridized carbons (Fsp3) is 0.417. The third-order valence-corrected chi connectivity index (χ3v) is 7.56. The highest BCUT2D eigenvalue weighted by molar-refractivity contribution is 7.13. The van der Waals surface area contributed by atoms with Crippen molar-refractivity contribution in [3.63, 3.8) is 0 Å². The smallest absolute Gasteiger partial charge is 0.323 e. The first-order valence-corrected chi connectivity index (χ1v) is 12.5. The van der Waals surface area contributed by atoms with Gasteiger partial charge in [0.1, 0.15) is 6.73 Å². The van der Waals surface area contributed by atoms with Crippen LogP contribution in [0.2, 0.25) is 5.02 Å². The van der Waals surface area contributed by atoms with Crippen LogP contribution in [-0.4, -0.2) is 47.2 Å². The van der Waals surface area contributed by atoms with Gasteiger partial charge in [0.2, 0.25) is 5.88 Å². The van der Waals surface area contributed by atoms with Crippen molar-refractivity contribution in [3.8, 4) is 5.88 Å². The molecule has 2 atom stereocenters. The van der Waals surface area contributed by atoms with Gasteiger partial charge in [0.05, 0.1) is 10.1 Å². The maximum absolute atomic E-state index is 12.4. The number of halogens is 1. The second-order valence-electron chi connectivity index (χ2n) is 8.80.